The van der Waals surface area contributed by atoms with Crippen molar-refractivity contribution in [2.75, 3.05) is 6.61 Å². The number of aryl methyl sites for hydroxylation is 1. The predicted octanol–water partition coefficient (Wildman–Crippen LogP) is 2.83. The minimum atomic E-state index is 0.0263. The zero-order valence-electron chi connectivity index (χ0n) is 9.20. The Morgan fingerprint density at radius 3 is 2.93 bits per heavy atom. The maximum absolute atomic E-state index is 9.15. The molecule has 0 aromatic heterocycles. The first kappa shape index (κ1) is 11.8. The molecule has 1 aromatic rings. The van der Waals surface area contributed by atoms with Crippen LogP contribution in [-0.4, -0.2) is 11.7 Å². The van der Waals surface area contributed by atoms with E-state index in [9.17, 15) is 0 Å². The minimum Gasteiger partial charge on any atom is -0.493 e. The van der Waals surface area contributed by atoms with Crippen LogP contribution in [0.2, 0.25) is 0 Å². The van der Waals surface area contributed by atoms with E-state index < -0.39 is 0 Å². The highest BCUT2D eigenvalue weighted by molar-refractivity contribution is 5.40. The van der Waals surface area contributed by atoms with Gasteiger partial charge in [-0.2, -0.15) is 0 Å². The SMILES string of the molecule is C=CCCCOc1c(C)cccc1CO. The highest BCUT2D eigenvalue weighted by Crippen LogP contribution is 2.23. The summed E-state index contributed by atoms with van der Waals surface area (Å²) in [6.45, 7) is 6.35. The first-order valence-corrected chi connectivity index (χ1v) is 5.22. The number of rotatable bonds is 6. The lowest BCUT2D eigenvalue weighted by Crippen LogP contribution is -2.01. The van der Waals surface area contributed by atoms with Crippen molar-refractivity contribution in [3.8, 4) is 5.75 Å². The van der Waals surface area contributed by atoms with Gasteiger partial charge >= 0.3 is 0 Å². The van der Waals surface area contributed by atoms with Crippen molar-refractivity contribution >= 4 is 0 Å². The molecular formula is C13H18O2. The fraction of sp³-hybridized carbons (Fsp3) is 0.385. The van der Waals surface area contributed by atoms with Crippen LogP contribution in [0.15, 0.2) is 30.9 Å². The molecule has 15 heavy (non-hydrogen) atoms. The molecule has 1 rings (SSSR count). The molecule has 0 fully saturated rings. The number of para-hydroxylation sites is 1. The molecule has 0 amide bonds. The summed E-state index contributed by atoms with van der Waals surface area (Å²) in [5.74, 6) is 0.823. The number of hydrogen-bond acceptors (Lipinski definition) is 2. The van der Waals surface area contributed by atoms with E-state index in [4.69, 9.17) is 9.84 Å². The van der Waals surface area contributed by atoms with Crippen LogP contribution >= 0.6 is 0 Å². The third-order valence-electron chi connectivity index (χ3n) is 2.26. The number of allylic oxidation sites excluding steroid dienone is 1. The number of hydrogen-bond donors (Lipinski definition) is 1. The summed E-state index contributed by atoms with van der Waals surface area (Å²) in [6.07, 6.45) is 3.80. The molecule has 0 unspecified atom stereocenters. The Morgan fingerprint density at radius 2 is 2.27 bits per heavy atom. The zero-order chi connectivity index (χ0) is 11.1. The summed E-state index contributed by atoms with van der Waals surface area (Å²) in [5.41, 5.74) is 1.92. The van der Waals surface area contributed by atoms with E-state index >= 15 is 0 Å². The van der Waals surface area contributed by atoms with Crippen molar-refractivity contribution in [2.45, 2.75) is 26.4 Å². The highest BCUT2D eigenvalue weighted by Gasteiger charge is 2.05. The normalized spacial score (nSPS) is 10.0. The van der Waals surface area contributed by atoms with Crippen LogP contribution in [-0.2, 0) is 6.61 Å². The van der Waals surface area contributed by atoms with Gasteiger partial charge in [-0.05, 0) is 25.3 Å². The fourth-order valence-electron chi connectivity index (χ4n) is 1.45. The molecule has 0 spiro atoms. The molecule has 82 valence electrons. The molecule has 0 atom stereocenters. The zero-order valence-corrected chi connectivity index (χ0v) is 9.20. The van der Waals surface area contributed by atoms with E-state index in [1.54, 1.807) is 0 Å². The molecule has 0 bridgehead atoms. The van der Waals surface area contributed by atoms with E-state index in [0.29, 0.717) is 6.61 Å². The fourth-order valence-corrected chi connectivity index (χ4v) is 1.45. The Balaban J connectivity index is 2.61. The van der Waals surface area contributed by atoms with Crippen molar-refractivity contribution in [3.63, 3.8) is 0 Å². The molecule has 1 aromatic carbocycles. The summed E-state index contributed by atoms with van der Waals surface area (Å²) in [5, 5.41) is 9.15. The maximum Gasteiger partial charge on any atom is 0.127 e. The molecule has 0 saturated heterocycles. The molecule has 0 aliphatic rings. The van der Waals surface area contributed by atoms with Gasteiger partial charge in [0.25, 0.3) is 0 Å². The molecule has 0 saturated carbocycles. The lowest BCUT2D eigenvalue weighted by molar-refractivity contribution is 0.261. The summed E-state index contributed by atoms with van der Waals surface area (Å²) >= 11 is 0. The summed E-state index contributed by atoms with van der Waals surface area (Å²) < 4.78 is 5.65. The maximum atomic E-state index is 9.15. The second-order valence-electron chi connectivity index (χ2n) is 3.50. The Bertz CT molecular complexity index is 318. The van der Waals surface area contributed by atoms with Crippen molar-refractivity contribution in [1.29, 1.82) is 0 Å². The van der Waals surface area contributed by atoms with E-state index in [-0.39, 0.29) is 6.61 Å². The van der Waals surface area contributed by atoms with Gasteiger partial charge < -0.3 is 9.84 Å². The Hall–Kier alpha value is -1.28. The lowest BCUT2D eigenvalue weighted by Gasteiger charge is -2.12. The predicted molar refractivity (Wildman–Crippen MR) is 62.0 cm³/mol. The topological polar surface area (TPSA) is 29.5 Å². The monoisotopic (exact) mass is 206 g/mol. The molecule has 2 heteroatoms. The Labute approximate surface area is 91.2 Å². The van der Waals surface area contributed by atoms with Crippen LogP contribution in [0.4, 0.5) is 0 Å². The second-order valence-corrected chi connectivity index (χ2v) is 3.50. The molecule has 0 radical (unpaired) electrons. The van der Waals surface area contributed by atoms with Gasteiger partial charge in [-0.15, -0.1) is 6.58 Å². The van der Waals surface area contributed by atoms with Crippen LogP contribution in [0.25, 0.3) is 0 Å². The molecular weight excluding hydrogens is 188 g/mol. The van der Waals surface area contributed by atoms with Gasteiger partial charge in [0.05, 0.1) is 13.2 Å². The number of benzene rings is 1. The first-order chi connectivity index (χ1) is 7.29. The number of ether oxygens (including phenoxy) is 1. The van der Waals surface area contributed by atoms with Crippen molar-refractivity contribution in [3.05, 3.63) is 42.0 Å². The standard InChI is InChI=1S/C13H18O2/c1-3-4-5-9-15-13-11(2)7-6-8-12(13)10-14/h3,6-8,14H,1,4-5,9-10H2,2H3. The number of unbranched alkanes of at least 4 members (excludes halogenated alkanes) is 1. The van der Waals surface area contributed by atoms with Crippen LogP contribution in [0, 0.1) is 6.92 Å². The second kappa shape index (κ2) is 6.25. The molecule has 1 N–H and O–H groups in total. The Morgan fingerprint density at radius 1 is 1.47 bits per heavy atom. The van der Waals surface area contributed by atoms with Crippen molar-refractivity contribution < 1.29 is 9.84 Å². The highest BCUT2D eigenvalue weighted by atomic mass is 16.5. The molecule has 2 nitrogen and oxygen atoms in total. The van der Waals surface area contributed by atoms with Gasteiger partial charge in [0.1, 0.15) is 5.75 Å². The van der Waals surface area contributed by atoms with Crippen LogP contribution in [0.1, 0.15) is 24.0 Å². The van der Waals surface area contributed by atoms with Crippen LogP contribution in [0.5, 0.6) is 5.75 Å². The van der Waals surface area contributed by atoms with Crippen LogP contribution in [0.3, 0.4) is 0 Å². The average Bonchev–Trinajstić information content (AvgIpc) is 2.26. The van der Waals surface area contributed by atoms with Gasteiger partial charge in [0.15, 0.2) is 0 Å². The van der Waals surface area contributed by atoms with Gasteiger partial charge in [-0.25, -0.2) is 0 Å². The third-order valence-corrected chi connectivity index (χ3v) is 2.26. The van der Waals surface area contributed by atoms with E-state index in [1.165, 1.54) is 0 Å². The summed E-state index contributed by atoms with van der Waals surface area (Å²) in [4.78, 5) is 0. The van der Waals surface area contributed by atoms with Gasteiger partial charge in [-0.3, -0.25) is 0 Å². The molecule has 0 aliphatic carbocycles. The minimum absolute atomic E-state index is 0.0263. The molecule has 0 aliphatic heterocycles. The van der Waals surface area contributed by atoms with E-state index in [2.05, 4.69) is 6.58 Å². The quantitative estimate of drug-likeness (QED) is 0.573. The summed E-state index contributed by atoms with van der Waals surface area (Å²) in [7, 11) is 0. The first-order valence-electron chi connectivity index (χ1n) is 5.22. The Kier molecular flexibility index (Phi) is 4.91. The third kappa shape index (κ3) is 3.40. The van der Waals surface area contributed by atoms with Crippen molar-refractivity contribution in [2.24, 2.45) is 0 Å². The van der Waals surface area contributed by atoms with E-state index in [0.717, 1.165) is 29.7 Å². The van der Waals surface area contributed by atoms with Gasteiger partial charge in [-0.1, -0.05) is 24.3 Å². The largest absolute Gasteiger partial charge is 0.493 e. The van der Waals surface area contributed by atoms with Crippen LogP contribution < -0.4 is 4.74 Å². The van der Waals surface area contributed by atoms with E-state index in [1.807, 2.05) is 31.2 Å². The van der Waals surface area contributed by atoms with Gasteiger partial charge in [0.2, 0.25) is 0 Å². The number of aliphatic hydroxyl groups is 1. The van der Waals surface area contributed by atoms with Gasteiger partial charge in [0, 0.05) is 5.56 Å². The van der Waals surface area contributed by atoms with Crippen molar-refractivity contribution in [1.82, 2.24) is 0 Å². The average molecular weight is 206 g/mol. The smallest absolute Gasteiger partial charge is 0.127 e. The molecule has 0 heterocycles. The number of aliphatic hydroxyl groups excluding tert-OH is 1. The lowest BCUT2D eigenvalue weighted by atomic mass is 10.1. The summed E-state index contributed by atoms with van der Waals surface area (Å²) in [6, 6.07) is 5.80.